The molecule has 7 heteroatoms. The van der Waals surface area contributed by atoms with E-state index < -0.39 is 0 Å². The van der Waals surface area contributed by atoms with Crippen molar-refractivity contribution in [1.82, 2.24) is 15.5 Å². The highest BCUT2D eigenvalue weighted by atomic mass is 32.1. The Labute approximate surface area is 123 Å². The number of nitrogens with one attached hydrogen (secondary N) is 2. The Morgan fingerprint density at radius 1 is 1.45 bits per heavy atom. The summed E-state index contributed by atoms with van der Waals surface area (Å²) < 4.78 is 4.97. The van der Waals surface area contributed by atoms with E-state index in [1.165, 1.54) is 37.0 Å². The standard InChI is InChI=1S/C13H22N4O2S/c1-9(8-19-2)14-12(18)15-13-17-16-11(20-13)7-10-5-3-4-6-10/h9-10H,3-8H2,1-2H3,(H2,14,15,17,18). The summed E-state index contributed by atoms with van der Waals surface area (Å²) >= 11 is 1.46. The van der Waals surface area contributed by atoms with E-state index in [9.17, 15) is 4.79 Å². The summed E-state index contributed by atoms with van der Waals surface area (Å²) in [6.07, 6.45) is 6.22. The van der Waals surface area contributed by atoms with Crippen molar-refractivity contribution in [3.63, 3.8) is 0 Å². The normalized spacial score (nSPS) is 17.1. The van der Waals surface area contributed by atoms with Crippen LogP contribution in [0, 0.1) is 5.92 Å². The summed E-state index contributed by atoms with van der Waals surface area (Å²) in [5.41, 5.74) is 0. The van der Waals surface area contributed by atoms with Crippen LogP contribution in [0.5, 0.6) is 0 Å². The van der Waals surface area contributed by atoms with Crippen molar-refractivity contribution >= 4 is 22.5 Å². The van der Waals surface area contributed by atoms with Gasteiger partial charge >= 0.3 is 6.03 Å². The first-order valence-electron chi connectivity index (χ1n) is 7.06. The van der Waals surface area contributed by atoms with Gasteiger partial charge in [-0.1, -0.05) is 37.0 Å². The van der Waals surface area contributed by atoms with Crippen LogP contribution in [0.3, 0.4) is 0 Å². The van der Waals surface area contributed by atoms with Gasteiger partial charge in [-0.3, -0.25) is 5.32 Å². The molecule has 1 aliphatic rings. The predicted molar refractivity (Wildman–Crippen MR) is 79.1 cm³/mol. The predicted octanol–water partition coefficient (Wildman–Crippen LogP) is 2.43. The first-order valence-corrected chi connectivity index (χ1v) is 7.88. The van der Waals surface area contributed by atoms with Crippen molar-refractivity contribution in [2.45, 2.75) is 45.1 Å². The fourth-order valence-electron chi connectivity index (χ4n) is 2.50. The maximum atomic E-state index is 11.7. The van der Waals surface area contributed by atoms with E-state index >= 15 is 0 Å². The summed E-state index contributed by atoms with van der Waals surface area (Å²) in [7, 11) is 1.61. The highest BCUT2D eigenvalue weighted by molar-refractivity contribution is 7.15. The zero-order chi connectivity index (χ0) is 14.4. The molecule has 2 rings (SSSR count). The van der Waals surface area contributed by atoms with Crippen LogP contribution < -0.4 is 10.6 Å². The van der Waals surface area contributed by atoms with E-state index in [2.05, 4.69) is 20.8 Å². The van der Waals surface area contributed by atoms with Gasteiger partial charge < -0.3 is 10.1 Å². The second-order valence-corrected chi connectivity index (χ2v) is 6.37. The Bertz CT molecular complexity index is 432. The molecule has 1 unspecified atom stereocenters. The van der Waals surface area contributed by atoms with Crippen LogP contribution in [0.1, 0.15) is 37.6 Å². The molecule has 0 radical (unpaired) electrons. The summed E-state index contributed by atoms with van der Waals surface area (Å²) in [5, 5.41) is 15.2. The van der Waals surface area contributed by atoms with Gasteiger partial charge in [0.05, 0.1) is 12.6 Å². The maximum absolute atomic E-state index is 11.7. The Kier molecular flexibility index (Phi) is 5.72. The van der Waals surface area contributed by atoms with E-state index in [0.717, 1.165) is 17.3 Å². The lowest BCUT2D eigenvalue weighted by molar-refractivity contribution is 0.173. The van der Waals surface area contributed by atoms with Gasteiger partial charge in [-0.25, -0.2) is 4.79 Å². The number of carbonyl (C=O) groups excluding carboxylic acids is 1. The van der Waals surface area contributed by atoms with Crippen LogP contribution >= 0.6 is 11.3 Å². The number of methoxy groups -OCH3 is 1. The largest absolute Gasteiger partial charge is 0.383 e. The number of aromatic nitrogens is 2. The SMILES string of the molecule is COCC(C)NC(=O)Nc1nnc(CC2CCCC2)s1. The van der Waals surface area contributed by atoms with Crippen LogP contribution in [-0.2, 0) is 11.2 Å². The lowest BCUT2D eigenvalue weighted by Crippen LogP contribution is -2.38. The number of hydrogen-bond donors (Lipinski definition) is 2. The lowest BCUT2D eigenvalue weighted by Gasteiger charge is -2.12. The van der Waals surface area contributed by atoms with Crippen molar-refractivity contribution in [1.29, 1.82) is 0 Å². The monoisotopic (exact) mass is 298 g/mol. The van der Waals surface area contributed by atoms with Crippen molar-refractivity contribution in [3.05, 3.63) is 5.01 Å². The van der Waals surface area contributed by atoms with Gasteiger partial charge in [0.15, 0.2) is 0 Å². The average molecular weight is 298 g/mol. The number of anilines is 1. The highest BCUT2D eigenvalue weighted by Gasteiger charge is 2.18. The van der Waals surface area contributed by atoms with Crippen LogP contribution in [-0.4, -0.2) is 36.0 Å². The molecule has 1 atom stereocenters. The van der Waals surface area contributed by atoms with Gasteiger partial charge in [-0.15, -0.1) is 10.2 Å². The molecule has 112 valence electrons. The second-order valence-electron chi connectivity index (χ2n) is 5.31. The van der Waals surface area contributed by atoms with E-state index in [-0.39, 0.29) is 12.1 Å². The third-order valence-electron chi connectivity index (χ3n) is 3.42. The third kappa shape index (κ3) is 4.72. The number of amides is 2. The lowest BCUT2D eigenvalue weighted by atomic mass is 10.1. The van der Waals surface area contributed by atoms with Gasteiger partial charge in [-0.2, -0.15) is 0 Å². The zero-order valence-corrected chi connectivity index (χ0v) is 12.8. The van der Waals surface area contributed by atoms with Crippen molar-refractivity contribution < 1.29 is 9.53 Å². The number of ether oxygens (including phenoxy) is 1. The molecule has 1 aliphatic carbocycles. The summed E-state index contributed by atoms with van der Waals surface area (Å²) in [6, 6.07) is -0.302. The highest BCUT2D eigenvalue weighted by Crippen LogP contribution is 2.29. The van der Waals surface area contributed by atoms with Gasteiger partial charge in [-0.05, 0) is 12.8 Å². The summed E-state index contributed by atoms with van der Waals surface area (Å²) in [6.45, 7) is 2.37. The molecular weight excluding hydrogens is 276 g/mol. The zero-order valence-electron chi connectivity index (χ0n) is 12.0. The molecule has 0 saturated heterocycles. The van der Waals surface area contributed by atoms with Crippen LogP contribution in [0.25, 0.3) is 0 Å². The topological polar surface area (TPSA) is 76.1 Å². The minimum atomic E-state index is -0.266. The van der Waals surface area contributed by atoms with Gasteiger partial charge in [0.25, 0.3) is 0 Å². The molecular formula is C13H22N4O2S. The molecule has 1 heterocycles. The molecule has 6 nitrogen and oxygen atoms in total. The summed E-state index contributed by atoms with van der Waals surface area (Å²) in [4.78, 5) is 11.7. The minimum Gasteiger partial charge on any atom is -0.383 e. The van der Waals surface area contributed by atoms with E-state index in [4.69, 9.17) is 4.74 Å². The van der Waals surface area contributed by atoms with Crippen molar-refractivity contribution in [3.8, 4) is 0 Å². The van der Waals surface area contributed by atoms with E-state index in [1.807, 2.05) is 6.92 Å². The molecule has 1 fully saturated rings. The fourth-order valence-corrected chi connectivity index (χ4v) is 3.35. The Morgan fingerprint density at radius 2 is 2.20 bits per heavy atom. The summed E-state index contributed by atoms with van der Waals surface area (Å²) in [5.74, 6) is 0.742. The van der Waals surface area contributed by atoms with Crippen LogP contribution in [0.15, 0.2) is 0 Å². The molecule has 0 aliphatic heterocycles. The van der Waals surface area contributed by atoms with Gasteiger partial charge in [0, 0.05) is 13.5 Å². The number of rotatable bonds is 6. The first-order chi connectivity index (χ1) is 9.67. The molecule has 0 spiro atoms. The van der Waals surface area contributed by atoms with Gasteiger partial charge in [0.2, 0.25) is 5.13 Å². The van der Waals surface area contributed by atoms with E-state index in [0.29, 0.717) is 11.7 Å². The molecule has 2 N–H and O–H groups in total. The second kappa shape index (κ2) is 7.54. The quantitative estimate of drug-likeness (QED) is 0.845. The number of nitrogens with zero attached hydrogens (tertiary/aromatic N) is 2. The molecule has 0 aromatic carbocycles. The van der Waals surface area contributed by atoms with Gasteiger partial charge in [0.1, 0.15) is 5.01 Å². The number of carbonyl (C=O) groups is 1. The maximum Gasteiger partial charge on any atom is 0.321 e. The van der Waals surface area contributed by atoms with E-state index in [1.54, 1.807) is 7.11 Å². The number of urea groups is 1. The van der Waals surface area contributed by atoms with Crippen molar-refractivity contribution in [2.75, 3.05) is 19.0 Å². The Balaban J connectivity index is 1.78. The Hall–Kier alpha value is -1.21. The molecule has 0 bridgehead atoms. The average Bonchev–Trinajstić information content (AvgIpc) is 3.02. The van der Waals surface area contributed by atoms with Crippen LogP contribution in [0.4, 0.5) is 9.93 Å². The molecule has 1 saturated carbocycles. The molecule has 1 aromatic heterocycles. The first kappa shape index (κ1) is 15.2. The smallest absolute Gasteiger partial charge is 0.321 e. The fraction of sp³-hybridized carbons (Fsp3) is 0.769. The molecule has 1 aromatic rings. The minimum absolute atomic E-state index is 0.0362. The molecule has 2 amide bonds. The van der Waals surface area contributed by atoms with Crippen LogP contribution in [0.2, 0.25) is 0 Å². The van der Waals surface area contributed by atoms with Crippen molar-refractivity contribution in [2.24, 2.45) is 5.92 Å². The third-order valence-corrected chi connectivity index (χ3v) is 4.28. The molecule has 20 heavy (non-hydrogen) atoms. The number of hydrogen-bond acceptors (Lipinski definition) is 5. The Morgan fingerprint density at radius 3 is 2.90 bits per heavy atom.